The lowest BCUT2D eigenvalue weighted by atomic mass is 10.3. The normalized spacial score (nSPS) is 19.2. The van der Waals surface area contributed by atoms with Crippen LogP contribution < -0.4 is 15.9 Å². The predicted molar refractivity (Wildman–Crippen MR) is 116 cm³/mol. The summed E-state index contributed by atoms with van der Waals surface area (Å²) < 4.78 is 32.0. The van der Waals surface area contributed by atoms with Crippen molar-refractivity contribution in [2.75, 3.05) is 36.7 Å². The van der Waals surface area contributed by atoms with Gasteiger partial charge in [-0.2, -0.15) is 9.41 Å². The van der Waals surface area contributed by atoms with Gasteiger partial charge in [-0.1, -0.05) is 24.8 Å². The fourth-order valence-electron chi connectivity index (χ4n) is 3.14. The van der Waals surface area contributed by atoms with E-state index in [0.717, 1.165) is 5.69 Å². The molecule has 2 fully saturated rings. The Hall–Kier alpha value is -3.21. The van der Waals surface area contributed by atoms with Gasteiger partial charge in [0.1, 0.15) is 0 Å². The van der Waals surface area contributed by atoms with Crippen LogP contribution in [-0.2, 0) is 14.8 Å². The second kappa shape index (κ2) is 8.27. The summed E-state index contributed by atoms with van der Waals surface area (Å²) in [5, 5.41) is 14.2. The molecule has 0 radical (unpaired) electrons. The van der Waals surface area contributed by atoms with E-state index in [1.165, 1.54) is 16.4 Å². The van der Waals surface area contributed by atoms with Crippen molar-refractivity contribution >= 4 is 32.9 Å². The fraction of sp³-hybridized carbons (Fsp3) is 0.200. The minimum atomic E-state index is -3.54. The molecule has 0 amide bonds. The van der Waals surface area contributed by atoms with E-state index in [9.17, 15) is 8.42 Å². The molecule has 156 valence electrons. The van der Waals surface area contributed by atoms with Crippen molar-refractivity contribution in [3.8, 4) is 0 Å². The van der Waals surface area contributed by atoms with Crippen LogP contribution in [-0.4, -0.2) is 50.6 Å². The van der Waals surface area contributed by atoms with Gasteiger partial charge >= 0.3 is 0 Å². The van der Waals surface area contributed by atoms with E-state index in [2.05, 4.69) is 22.5 Å². The largest absolute Gasteiger partial charge is 0.379 e. The van der Waals surface area contributed by atoms with Gasteiger partial charge in [-0.25, -0.2) is 13.4 Å². The van der Waals surface area contributed by atoms with Gasteiger partial charge in [0.25, 0.3) is 0 Å². The van der Waals surface area contributed by atoms with Crippen LogP contribution >= 0.6 is 0 Å². The third kappa shape index (κ3) is 3.92. The molecule has 0 bridgehead atoms. The van der Waals surface area contributed by atoms with Crippen LogP contribution in [0.1, 0.15) is 0 Å². The Morgan fingerprint density at radius 1 is 1.07 bits per heavy atom. The van der Waals surface area contributed by atoms with Crippen LogP contribution in [0.15, 0.2) is 76.9 Å². The summed E-state index contributed by atoms with van der Waals surface area (Å²) in [7, 11) is -3.54. The molecule has 0 aromatic heterocycles. The van der Waals surface area contributed by atoms with E-state index in [0.29, 0.717) is 43.4 Å². The van der Waals surface area contributed by atoms with Crippen molar-refractivity contribution in [3.05, 3.63) is 66.9 Å². The molecule has 0 saturated carbocycles. The first kappa shape index (κ1) is 20.1. The first-order chi connectivity index (χ1) is 14.5. The van der Waals surface area contributed by atoms with Crippen molar-refractivity contribution in [1.29, 1.82) is 5.41 Å². The van der Waals surface area contributed by atoms with E-state index in [4.69, 9.17) is 10.1 Å². The van der Waals surface area contributed by atoms with Crippen LogP contribution in [0.4, 0.5) is 11.4 Å². The standard InChI is InChI=1S/C20H22N6O3S/c1-15-19(20(21)26(24-15)17-5-3-2-4-6-17)23-22-16-7-9-18(10-8-16)30(27,28)25-11-13-29-14-12-25/h2-10,21-22,24H,1,11-14H2/b21-20?,23-19+. The Morgan fingerprint density at radius 2 is 1.73 bits per heavy atom. The number of benzene rings is 2. The lowest BCUT2D eigenvalue weighted by molar-refractivity contribution is 0.0730. The predicted octanol–water partition coefficient (Wildman–Crippen LogP) is 1.99. The molecular formula is C20H22N6O3S. The van der Waals surface area contributed by atoms with Gasteiger partial charge in [-0.05, 0) is 36.4 Å². The van der Waals surface area contributed by atoms with Crippen molar-refractivity contribution in [1.82, 2.24) is 9.73 Å². The van der Waals surface area contributed by atoms with E-state index < -0.39 is 10.0 Å². The molecular weight excluding hydrogens is 404 g/mol. The Bertz CT molecular complexity index is 1080. The van der Waals surface area contributed by atoms with Crippen molar-refractivity contribution in [2.24, 2.45) is 5.10 Å². The average molecular weight is 427 g/mol. The molecule has 4 rings (SSSR count). The van der Waals surface area contributed by atoms with Crippen LogP contribution in [0.5, 0.6) is 0 Å². The number of hydrogen-bond donors (Lipinski definition) is 3. The molecule has 10 heteroatoms. The number of nitrogens with one attached hydrogen (secondary N) is 3. The highest BCUT2D eigenvalue weighted by Crippen LogP contribution is 2.21. The number of amidine groups is 1. The molecule has 2 aliphatic rings. The van der Waals surface area contributed by atoms with E-state index in [-0.39, 0.29) is 10.7 Å². The zero-order valence-corrected chi connectivity index (χ0v) is 17.0. The maximum absolute atomic E-state index is 12.7. The third-order valence-electron chi connectivity index (χ3n) is 4.75. The smallest absolute Gasteiger partial charge is 0.243 e. The number of ether oxygens (including phenoxy) is 1. The summed E-state index contributed by atoms with van der Waals surface area (Å²) in [6.45, 7) is 5.42. The highest BCUT2D eigenvalue weighted by molar-refractivity contribution is 7.89. The molecule has 2 aromatic rings. The van der Waals surface area contributed by atoms with E-state index in [1.54, 1.807) is 17.1 Å². The highest BCUT2D eigenvalue weighted by atomic mass is 32.2. The first-order valence-electron chi connectivity index (χ1n) is 9.38. The summed E-state index contributed by atoms with van der Waals surface area (Å²) >= 11 is 0. The van der Waals surface area contributed by atoms with Crippen LogP contribution in [0.3, 0.4) is 0 Å². The summed E-state index contributed by atoms with van der Waals surface area (Å²) in [5.74, 6) is 0.158. The van der Waals surface area contributed by atoms with Gasteiger partial charge in [-0.15, -0.1) is 0 Å². The summed E-state index contributed by atoms with van der Waals surface area (Å²) in [6, 6.07) is 15.8. The molecule has 3 N–H and O–H groups in total. The maximum atomic E-state index is 12.7. The zero-order valence-electron chi connectivity index (χ0n) is 16.2. The van der Waals surface area contributed by atoms with Crippen molar-refractivity contribution in [3.63, 3.8) is 0 Å². The zero-order chi connectivity index (χ0) is 21.1. The first-order valence-corrected chi connectivity index (χ1v) is 10.8. The molecule has 0 atom stereocenters. The fourth-order valence-corrected chi connectivity index (χ4v) is 4.55. The summed E-state index contributed by atoms with van der Waals surface area (Å²) in [4.78, 5) is 0.220. The number of sulfonamides is 1. The summed E-state index contributed by atoms with van der Waals surface area (Å²) in [6.07, 6.45) is 0. The number of hydrazine groups is 1. The van der Waals surface area contributed by atoms with E-state index >= 15 is 0 Å². The molecule has 9 nitrogen and oxygen atoms in total. The van der Waals surface area contributed by atoms with Gasteiger partial charge < -0.3 is 4.74 Å². The molecule has 2 aliphatic heterocycles. The monoisotopic (exact) mass is 426 g/mol. The van der Waals surface area contributed by atoms with Gasteiger partial charge in [0.05, 0.1) is 35.2 Å². The molecule has 0 aliphatic carbocycles. The molecule has 2 heterocycles. The minimum absolute atomic E-state index is 0.158. The van der Waals surface area contributed by atoms with Gasteiger partial charge in [-0.3, -0.25) is 16.3 Å². The Balaban J connectivity index is 1.46. The number of hydrazone groups is 1. The van der Waals surface area contributed by atoms with Crippen LogP contribution in [0, 0.1) is 5.41 Å². The maximum Gasteiger partial charge on any atom is 0.243 e. The molecule has 0 unspecified atom stereocenters. The minimum Gasteiger partial charge on any atom is -0.379 e. The molecule has 30 heavy (non-hydrogen) atoms. The average Bonchev–Trinajstić information content (AvgIpc) is 3.07. The van der Waals surface area contributed by atoms with Crippen LogP contribution in [0.25, 0.3) is 0 Å². The lowest BCUT2D eigenvalue weighted by Gasteiger charge is -2.26. The van der Waals surface area contributed by atoms with Gasteiger partial charge in [0.15, 0.2) is 11.5 Å². The second-order valence-corrected chi connectivity index (χ2v) is 8.66. The SMILES string of the molecule is C=C1NN(c2ccccc2)C(=N)/C1=N/Nc1ccc(S(=O)(=O)N2CCOCC2)cc1. The number of nitrogens with zero attached hydrogens (tertiary/aromatic N) is 3. The molecule has 2 saturated heterocycles. The van der Waals surface area contributed by atoms with Crippen molar-refractivity contribution < 1.29 is 13.2 Å². The molecule has 0 spiro atoms. The summed E-state index contributed by atoms with van der Waals surface area (Å²) in [5.41, 5.74) is 8.14. The third-order valence-corrected chi connectivity index (χ3v) is 6.67. The second-order valence-electron chi connectivity index (χ2n) is 6.72. The van der Waals surface area contributed by atoms with E-state index in [1.807, 2.05) is 30.3 Å². The topological polar surface area (TPSA) is 110 Å². The Labute approximate surface area is 175 Å². The number of hydrogen-bond acceptors (Lipinski definition) is 7. The quantitative estimate of drug-likeness (QED) is 0.631. The number of para-hydroxylation sites is 1. The lowest BCUT2D eigenvalue weighted by Crippen LogP contribution is -2.40. The van der Waals surface area contributed by atoms with Gasteiger partial charge in [0.2, 0.25) is 10.0 Å². The molecule has 2 aromatic carbocycles. The number of morpholine rings is 1. The van der Waals surface area contributed by atoms with Crippen molar-refractivity contribution in [2.45, 2.75) is 4.90 Å². The Kier molecular flexibility index (Phi) is 5.53. The number of rotatable bonds is 5. The van der Waals surface area contributed by atoms with Gasteiger partial charge in [0, 0.05) is 13.1 Å². The highest BCUT2D eigenvalue weighted by Gasteiger charge is 2.29. The Morgan fingerprint density at radius 3 is 2.40 bits per heavy atom. The number of anilines is 2. The van der Waals surface area contributed by atoms with Crippen LogP contribution in [0.2, 0.25) is 0 Å².